The van der Waals surface area contributed by atoms with Crippen molar-refractivity contribution in [2.24, 2.45) is 17.3 Å². The summed E-state index contributed by atoms with van der Waals surface area (Å²) < 4.78 is 11.1. The molecule has 0 aromatic heterocycles. The summed E-state index contributed by atoms with van der Waals surface area (Å²) in [4.78, 5) is 14.5. The van der Waals surface area contributed by atoms with Gasteiger partial charge in [0.2, 0.25) is 0 Å². The maximum Gasteiger partial charge on any atom is 0.410 e. The third-order valence-corrected chi connectivity index (χ3v) is 6.31. The summed E-state index contributed by atoms with van der Waals surface area (Å²) in [5.74, 6) is 0.855. The average molecular weight is 376 g/mol. The van der Waals surface area contributed by atoms with Gasteiger partial charge in [0.05, 0.1) is 12.7 Å². The summed E-state index contributed by atoms with van der Waals surface area (Å²) in [6.07, 6.45) is 1.25. The Morgan fingerprint density at radius 1 is 1.15 bits per heavy atom. The Hall–Kier alpha value is -1.75. The molecule has 2 fully saturated rings. The van der Waals surface area contributed by atoms with Gasteiger partial charge in [-0.1, -0.05) is 32.0 Å². The van der Waals surface area contributed by atoms with Crippen molar-refractivity contribution in [3.63, 3.8) is 0 Å². The van der Waals surface area contributed by atoms with Gasteiger partial charge in [0.15, 0.2) is 0 Å². The molecule has 5 nitrogen and oxygen atoms in total. The Balaban J connectivity index is 1.95. The standard InChI is InChI=1S/C22H33NO4/c1-20(2,3)27-19(24)23-13-16-17(14-23)22(25,12-11-21(16,4)5)15-9-7-8-10-18(15)26-6/h7-10,16-17,25H,11-14H2,1-6H3. The van der Waals surface area contributed by atoms with E-state index in [4.69, 9.17) is 9.47 Å². The van der Waals surface area contributed by atoms with Crippen molar-refractivity contribution in [3.05, 3.63) is 29.8 Å². The molecule has 0 bridgehead atoms. The molecule has 0 spiro atoms. The molecule has 1 saturated heterocycles. The van der Waals surface area contributed by atoms with E-state index in [9.17, 15) is 9.90 Å². The van der Waals surface area contributed by atoms with Crippen molar-refractivity contribution in [1.82, 2.24) is 4.90 Å². The van der Waals surface area contributed by atoms with E-state index in [0.29, 0.717) is 25.3 Å². The highest BCUT2D eigenvalue weighted by molar-refractivity contribution is 5.68. The summed E-state index contributed by atoms with van der Waals surface area (Å²) in [7, 11) is 1.63. The molecule has 1 aromatic carbocycles. The van der Waals surface area contributed by atoms with Crippen molar-refractivity contribution in [2.75, 3.05) is 20.2 Å². The molecule has 150 valence electrons. The second-order valence-corrected chi connectivity index (χ2v) is 9.71. The van der Waals surface area contributed by atoms with Crippen molar-refractivity contribution in [1.29, 1.82) is 0 Å². The molecule has 0 radical (unpaired) electrons. The smallest absolute Gasteiger partial charge is 0.410 e. The Kier molecular flexibility index (Phi) is 4.96. The van der Waals surface area contributed by atoms with E-state index in [1.807, 2.05) is 45.0 Å². The molecule has 1 aliphatic carbocycles. The zero-order chi connectivity index (χ0) is 20.0. The second kappa shape index (κ2) is 6.69. The molecule has 3 atom stereocenters. The minimum Gasteiger partial charge on any atom is -0.496 e. The van der Waals surface area contributed by atoms with Gasteiger partial charge in [0.1, 0.15) is 11.4 Å². The first-order chi connectivity index (χ1) is 12.5. The van der Waals surface area contributed by atoms with Gasteiger partial charge in [0.25, 0.3) is 0 Å². The lowest BCUT2D eigenvalue weighted by molar-refractivity contribution is -0.103. The fourth-order valence-corrected chi connectivity index (χ4v) is 4.78. The van der Waals surface area contributed by atoms with Gasteiger partial charge in [-0.15, -0.1) is 0 Å². The van der Waals surface area contributed by atoms with E-state index in [0.717, 1.165) is 12.0 Å². The van der Waals surface area contributed by atoms with Crippen LogP contribution in [0.2, 0.25) is 0 Å². The van der Waals surface area contributed by atoms with Crippen LogP contribution in [0.15, 0.2) is 24.3 Å². The number of aliphatic hydroxyl groups is 1. The number of amides is 1. The zero-order valence-corrected chi connectivity index (χ0v) is 17.4. The Bertz CT molecular complexity index is 709. The van der Waals surface area contributed by atoms with Crippen LogP contribution in [0.4, 0.5) is 4.79 Å². The fraction of sp³-hybridized carbons (Fsp3) is 0.682. The van der Waals surface area contributed by atoms with E-state index in [-0.39, 0.29) is 23.3 Å². The highest BCUT2D eigenvalue weighted by Crippen LogP contribution is 2.56. The third-order valence-electron chi connectivity index (χ3n) is 6.31. The summed E-state index contributed by atoms with van der Waals surface area (Å²) >= 11 is 0. The molecule has 1 heterocycles. The molecule has 1 aliphatic heterocycles. The van der Waals surface area contributed by atoms with Crippen molar-refractivity contribution in [3.8, 4) is 5.75 Å². The number of likely N-dealkylation sites (tertiary alicyclic amines) is 1. The lowest BCUT2D eigenvalue weighted by atomic mass is 9.57. The van der Waals surface area contributed by atoms with Gasteiger partial charge in [-0.25, -0.2) is 4.79 Å². The minimum absolute atomic E-state index is 0.0509. The number of para-hydroxylation sites is 1. The van der Waals surface area contributed by atoms with Crippen LogP contribution >= 0.6 is 0 Å². The topological polar surface area (TPSA) is 59.0 Å². The number of hydrogen-bond acceptors (Lipinski definition) is 4. The largest absolute Gasteiger partial charge is 0.496 e. The van der Waals surface area contributed by atoms with Gasteiger partial charge < -0.3 is 19.5 Å². The zero-order valence-electron chi connectivity index (χ0n) is 17.4. The van der Waals surface area contributed by atoms with Gasteiger partial charge in [-0.2, -0.15) is 0 Å². The van der Waals surface area contributed by atoms with E-state index in [1.165, 1.54) is 0 Å². The highest BCUT2D eigenvalue weighted by Gasteiger charge is 2.57. The number of carbonyl (C=O) groups is 1. The number of hydrogen-bond donors (Lipinski definition) is 1. The third kappa shape index (κ3) is 3.66. The first-order valence-corrected chi connectivity index (χ1v) is 9.82. The maximum atomic E-state index is 12.7. The van der Waals surface area contributed by atoms with Crippen molar-refractivity contribution < 1.29 is 19.4 Å². The average Bonchev–Trinajstić information content (AvgIpc) is 3.05. The summed E-state index contributed by atoms with van der Waals surface area (Å²) in [6, 6.07) is 7.69. The van der Waals surface area contributed by atoms with Crippen LogP contribution in [-0.2, 0) is 10.3 Å². The van der Waals surface area contributed by atoms with Crippen LogP contribution in [-0.4, -0.2) is 41.9 Å². The van der Waals surface area contributed by atoms with E-state index in [1.54, 1.807) is 12.0 Å². The summed E-state index contributed by atoms with van der Waals surface area (Å²) in [5, 5.41) is 11.8. The van der Waals surface area contributed by atoms with E-state index < -0.39 is 11.2 Å². The van der Waals surface area contributed by atoms with Gasteiger partial charge in [-0.3, -0.25) is 0 Å². The first-order valence-electron chi connectivity index (χ1n) is 9.82. The predicted molar refractivity (Wildman–Crippen MR) is 105 cm³/mol. The quantitative estimate of drug-likeness (QED) is 0.842. The summed E-state index contributed by atoms with van der Waals surface area (Å²) in [5.41, 5.74) is -0.664. The Morgan fingerprint density at radius 2 is 1.78 bits per heavy atom. The van der Waals surface area contributed by atoms with Gasteiger partial charge in [-0.05, 0) is 51.0 Å². The van der Waals surface area contributed by atoms with Crippen LogP contribution in [0.1, 0.15) is 53.0 Å². The number of benzene rings is 1. The fourth-order valence-electron chi connectivity index (χ4n) is 4.78. The molecule has 1 N–H and O–H groups in total. The number of rotatable bonds is 2. The summed E-state index contributed by atoms with van der Waals surface area (Å²) in [6.45, 7) is 11.2. The van der Waals surface area contributed by atoms with Crippen LogP contribution in [0.3, 0.4) is 0 Å². The normalized spacial score (nSPS) is 30.0. The minimum atomic E-state index is -1.01. The predicted octanol–water partition coefficient (Wildman–Crippen LogP) is 4.19. The molecular weight excluding hydrogens is 342 g/mol. The maximum absolute atomic E-state index is 12.7. The molecule has 3 unspecified atom stereocenters. The SMILES string of the molecule is COc1ccccc1C1(O)CCC(C)(C)C2CN(C(=O)OC(C)(C)C)CC21. The van der Waals surface area contributed by atoms with Crippen molar-refractivity contribution in [2.45, 2.75) is 58.7 Å². The first kappa shape index (κ1) is 20.0. The second-order valence-electron chi connectivity index (χ2n) is 9.71. The number of carbonyl (C=O) groups excluding carboxylic acids is 1. The number of fused-ring (bicyclic) bond motifs is 1. The lowest BCUT2D eigenvalue weighted by Gasteiger charge is -2.49. The number of methoxy groups -OCH3 is 1. The monoisotopic (exact) mass is 375 g/mol. The molecule has 1 saturated carbocycles. The van der Waals surface area contributed by atoms with Crippen LogP contribution < -0.4 is 4.74 Å². The van der Waals surface area contributed by atoms with Crippen molar-refractivity contribution >= 4 is 6.09 Å². The molecule has 1 amide bonds. The molecule has 1 aromatic rings. The van der Waals surface area contributed by atoms with E-state index >= 15 is 0 Å². The number of nitrogens with zero attached hydrogens (tertiary/aromatic N) is 1. The number of ether oxygens (including phenoxy) is 2. The van der Waals surface area contributed by atoms with E-state index in [2.05, 4.69) is 13.8 Å². The van der Waals surface area contributed by atoms with Crippen LogP contribution in [0.25, 0.3) is 0 Å². The molecule has 5 heteroatoms. The van der Waals surface area contributed by atoms with Gasteiger partial charge >= 0.3 is 6.09 Å². The van der Waals surface area contributed by atoms with Crippen LogP contribution in [0.5, 0.6) is 5.75 Å². The molecule has 27 heavy (non-hydrogen) atoms. The Morgan fingerprint density at radius 3 is 2.41 bits per heavy atom. The lowest BCUT2D eigenvalue weighted by Crippen LogP contribution is -2.49. The Labute approximate surface area is 162 Å². The molecule has 3 rings (SSSR count). The van der Waals surface area contributed by atoms with Gasteiger partial charge in [0, 0.05) is 24.6 Å². The molecule has 2 aliphatic rings. The van der Waals surface area contributed by atoms with Crippen LogP contribution in [0, 0.1) is 17.3 Å². The highest BCUT2D eigenvalue weighted by atomic mass is 16.6. The molecular formula is C22H33NO4.